The van der Waals surface area contributed by atoms with Crippen molar-refractivity contribution in [3.05, 3.63) is 65.2 Å². The highest BCUT2D eigenvalue weighted by atomic mass is 28.3. The molecule has 0 atom stereocenters. The van der Waals surface area contributed by atoms with Gasteiger partial charge < -0.3 is 0 Å². The molecular weight excluding hydrogens is 244 g/mol. The molecule has 0 N–H and O–H groups in total. The molecule has 0 saturated heterocycles. The summed E-state index contributed by atoms with van der Waals surface area (Å²) in [6, 6.07) is 19.9. The van der Waals surface area contributed by atoms with Gasteiger partial charge in [-0.15, -0.1) is 0 Å². The Morgan fingerprint density at radius 3 is 2.37 bits per heavy atom. The van der Waals surface area contributed by atoms with E-state index >= 15 is 0 Å². The van der Waals surface area contributed by atoms with E-state index in [1.807, 2.05) is 6.07 Å². The van der Waals surface area contributed by atoms with E-state index in [9.17, 15) is 0 Å². The molecule has 0 aromatic heterocycles. The summed E-state index contributed by atoms with van der Waals surface area (Å²) < 4.78 is 0. The van der Waals surface area contributed by atoms with Gasteiger partial charge in [0.2, 0.25) is 0 Å². The highest BCUT2D eigenvalue weighted by molar-refractivity contribution is 6.89. The lowest BCUT2D eigenvalue weighted by atomic mass is 10.1. The molecule has 0 aliphatic rings. The third-order valence-electron chi connectivity index (χ3n) is 3.93. The first-order valence-corrected chi connectivity index (χ1v) is 10.3. The van der Waals surface area contributed by atoms with Gasteiger partial charge in [-0.1, -0.05) is 67.7 Å². The minimum atomic E-state index is -1.44. The van der Waals surface area contributed by atoms with Crippen LogP contribution in [0.4, 0.5) is 0 Å². The molecule has 99 valence electrons. The zero-order chi connectivity index (χ0) is 13.9. The number of hydrogen-bond donors (Lipinski definition) is 0. The normalized spacial score (nSPS) is 11.6. The monoisotopic (exact) mass is 267 g/mol. The summed E-state index contributed by atoms with van der Waals surface area (Å²) in [5.74, 6) is 0. The van der Waals surface area contributed by atoms with Gasteiger partial charge in [0.15, 0.2) is 0 Å². The van der Waals surface area contributed by atoms with Gasteiger partial charge >= 0.3 is 0 Å². The highest BCUT2D eigenvalue weighted by Crippen LogP contribution is 2.17. The van der Waals surface area contributed by atoms with E-state index in [0.29, 0.717) is 0 Å². The van der Waals surface area contributed by atoms with Crippen molar-refractivity contribution in [3.63, 3.8) is 0 Å². The van der Waals surface area contributed by atoms with E-state index in [0.717, 1.165) is 6.42 Å². The number of hydrogen-bond acceptors (Lipinski definition) is 0. The lowest BCUT2D eigenvalue weighted by Gasteiger charge is -2.26. The Morgan fingerprint density at radius 2 is 1.68 bits per heavy atom. The maximum atomic E-state index is 3.32. The maximum absolute atomic E-state index is 3.32. The fraction of sp³-hybridized carbons (Fsp3) is 0.333. The zero-order valence-corrected chi connectivity index (χ0v) is 13.5. The number of aryl methyl sites for hydroxylation is 2. The fourth-order valence-electron chi connectivity index (χ4n) is 2.81. The molecule has 1 radical (unpaired) electrons. The summed E-state index contributed by atoms with van der Waals surface area (Å²) in [6.07, 6.45) is 1.13. The minimum Gasteiger partial charge on any atom is -0.0652 e. The molecule has 0 nitrogen and oxygen atoms in total. The molecule has 0 fully saturated rings. The van der Waals surface area contributed by atoms with Gasteiger partial charge in [-0.25, -0.2) is 0 Å². The van der Waals surface area contributed by atoms with Gasteiger partial charge in [0.25, 0.3) is 0 Å². The molecule has 2 rings (SSSR count). The van der Waals surface area contributed by atoms with Crippen LogP contribution in [-0.2, 0) is 12.5 Å². The van der Waals surface area contributed by atoms with Gasteiger partial charge in [0, 0.05) is 0 Å². The molecule has 19 heavy (non-hydrogen) atoms. The predicted octanol–water partition coefficient (Wildman–Crippen LogP) is 4.05. The van der Waals surface area contributed by atoms with Crippen molar-refractivity contribution in [1.29, 1.82) is 0 Å². The van der Waals surface area contributed by atoms with Crippen LogP contribution in [0.2, 0.25) is 13.1 Å². The molecular formula is C18H23Si. The van der Waals surface area contributed by atoms with E-state index in [-0.39, 0.29) is 0 Å². The molecule has 0 unspecified atom stereocenters. The van der Waals surface area contributed by atoms with Crippen molar-refractivity contribution in [1.82, 2.24) is 0 Å². The summed E-state index contributed by atoms with van der Waals surface area (Å²) in [5.41, 5.74) is 4.29. The Morgan fingerprint density at radius 1 is 1.00 bits per heavy atom. The number of benzene rings is 2. The van der Waals surface area contributed by atoms with Crippen LogP contribution in [-0.4, -0.2) is 8.07 Å². The summed E-state index contributed by atoms with van der Waals surface area (Å²) in [5, 5.41) is 1.61. The molecule has 0 saturated carbocycles. The lowest BCUT2D eigenvalue weighted by Crippen LogP contribution is -2.46. The summed E-state index contributed by atoms with van der Waals surface area (Å²) in [7, 11) is -1.44. The van der Waals surface area contributed by atoms with Crippen LogP contribution in [0.3, 0.4) is 0 Å². The fourth-order valence-corrected chi connectivity index (χ4v) is 6.01. The van der Waals surface area contributed by atoms with Crippen LogP contribution in [0.15, 0.2) is 42.5 Å². The van der Waals surface area contributed by atoms with Gasteiger partial charge in [0.05, 0.1) is 8.07 Å². The second-order valence-corrected chi connectivity index (χ2v) is 10.6. The largest absolute Gasteiger partial charge is 0.0852 e. The van der Waals surface area contributed by atoms with E-state index < -0.39 is 8.07 Å². The van der Waals surface area contributed by atoms with Gasteiger partial charge in [-0.3, -0.25) is 0 Å². The molecule has 0 aliphatic carbocycles. The predicted molar refractivity (Wildman–Crippen MR) is 86.7 cm³/mol. The molecule has 0 amide bonds. The molecule has 2 aromatic rings. The molecule has 2 aromatic carbocycles. The standard InChI is InChI=1S/C18H23Si/c1-5-16-11-8-9-13-18(16)19(3,4)14-17-12-7-6-10-15(17)2/h6-9,11-13H,5,14H2,1-4H3. The Kier molecular flexibility index (Phi) is 4.26. The third kappa shape index (κ3) is 3.16. The topological polar surface area (TPSA) is 0 Å². The van der Waals surface area contributed by atoms with Crippen molar-refractivity contribution < 1.29 is 0 Å². The van der Waals surface area contributed by atoms with Crippen LogP contribution in [0.5, 0.6) is 0 Å². The van der Waals surface area contributed by atoms with Crippen molar-refractivity contribution in [2.45, 2.75) is 39.4 Å². The van der Waals surface area contributed by atoms with Crippen LogP contribution >= 0.6 is 0 Å². The minimum absolute atomic E-state index is 1.13. The second kappa shape index (κ2) is 5.75. The summed E-state index contributed by atoms with van der Waals surface area (Å²) in [6.45, 7) is 9.39. The van der Waals surface area contributed by atoms with Crippen molar-refractivity contribution in [3.8, 4) is 0 Å². The number of rotatable bonds is 4. The van der Waals surface area contributed by atoms with Gasteiger partial charge in [0.1, 0.15) is 0 Å². The summed E-state index contributed by atoms with van der Waals surface area (Å²) in [4.78, 5) is 0. The molecule has 0 aliphatic heterocycles. The Labute approximate surface area is 118 Å². The second-order valence-electron chi connectivity index (χ2n) is 5.89. The van der Waals surface area contributed by atoms with Crippen molar-refractivity contribution >= 4 is 13.3 Å². The SMILES string of the molecule is CCc1ccccc1[Si](C)(C)Cc1ccc[c]c1C. The van der Waals surface area contributed by atoms with Crippen molar-refractivity contribution in [2.24, 2.45) is 0 Å². The van der Waals surface area contributed by atoms with E-state index in [1.165, 1.54) is 22.7 Å². The lowest BCUT2D eigenvalue weighted by molar-refractivity contribution is 1.14. The molecule has 0 bridgehead atoms. The average molecular weight is 267 g/mol. The van der Waals surface area contributed by atoms with Gasteiger partial charge in [-0.05, 0) is 42.1 Å². The average Bonchev–Trinajstić information content (AvgIpc) is 2.41. The Hall–Kier alpha value is -1.34. The quantitative estimate of drug-likeness (QED) is 0.733. The molecule has 0 spiro atoms. The first-order chi connectivity index (χ1) is 9.04. The van der Waals surface area contributed by atoms with Crippen LogP contribution < -0.4 is 5.19 Å². The summed E-state index contributed by atoms with van der Waals surface area (Å²) >= 11 is 0. The molecule has 0 heterocycles. The van der Waals surface area contributed by atoms with E-state index in [4.69, 9.17) is 0 Å². The Balaban J connectivity index is 2.35. The van der Waals surface area contributed by atoms with Crippen molar-refractivity contribution in [2.75, 3.05) is 0 Å². The smallest absolute Gasteiger partial charge is 0.0652 e. The first-order valence-electron chi connectivity index (χ1n) is 7.09. The highest BCUT2D eigenvalue weighted by Gasteiger charge is 2.26. The first kappa shape index (κ1) is 14.1. The van der Waals surface area contributed by atoms with Gasteiger partial charge in [-0.2, -0.15) is 0 Å². The van der Waals surface area contributed by atoms with Crippen LogP contribution in [0.25, 0.3) is 0 Å². The molecule has 1 heteroatoms. The van der Waals surface area contributed by atoms with Crippen LogP contribution in [0, 0.1) is 13.0 Å². The zero-order valence-electron chi connectivity index (χ0n) is 12.5. The Bertz CT molecular complexity index is 555. The van der Waals surface area contributed by atoms with Crippen LogP contribution in [0.1, 0.15) is 23.6 Å². The third-order valence-corrected chi connectivity index (χ3v) is 7.15. The van der Waals surface area contributed by atoms with E-state index in [1.54, 1.807) is 5.19 Å². The maximum Gasteiger partial charge on any atom is 0.0852 e. The van der Waals surface area contributed by atoms with E-state index in [2.05, 4.69) is 69.4 Å².